The summed E-state index contributed by atoms with van der Waals surface area (Å²) in [4.78, 5) is 0. The molecule has 0 fully saturated rings. The van der Waals surface area contributed by atoms with Gasteiger partial charge in [0.1, 0.15) is 0 Å². The number of rotatable bonds is 7. The molecule has 0 N–H and O–H groups in total. The standard InChI is InChI=1S/C21H25.C13H10.C13H21.2ClH.Zr/c1-20(2,3)16-7-9-18-14(12-16)11-15-13-17(21(4,5)6)8-10-19(15)18;1-3-7-12(8-4-1)11-13-9-5-2-6-10-13;1-5-6-7-11-8-9-12(10-11)13(2,3)4;;;/h7-13H,1-6H3;1-10H;9-11H,5-7H2,1-4H3;2*1H;/q;;;;;+2/p-2. The summed E-state index contributed by atoms with van der Waals surface area (Å²) in [7, 11) is 0. The van der Waals surface area contributed by atoms with Crippen molar-refractivity contribution in [3.8, 4) is 11.1 Å². The van der Waals surface area contributed by atoms with Crippen molar-refractivity contribution in [2.75, 3.05) is 0 Å². The van der Waals surface area contributed by atoms with Crippen molar-refractivity contribution in [3.05, 3.63) is 151 Å². The number of halogens is 2. The van der Waals surface area contributed by atoms with Gasteiger partial charge in [-0.05, 0) is 0 Å². The number of hydrogen-bond acceptors (Lipinski definition) is 0. The topological polar surface area (TPSA) is 0 Å². The van der Waals surface area contributed by atoms with Gasteiger partial charge >= 0.3 is 301 Å². The maximum Gasteiger partial charge on any atom is -1.00 e. The zero-order valence-corrected chi connectivity index (χ0v) is 35.9. The Morgan fingerprint density at radius 1 is 0.600 bits per heavy atom. The molecular weight excluding hydrogens is 727 g/mol. The number of hydrogen-bond donors (Lipinski definition) is 0. The van der Waals surface area contributed by atoms with Crippen molar-refractivity contribution in [2.45, 2.75) is 103 Å². The van der Waals surface area contributed by atoms with E-state index in [0.29, 0.717) is 9.54 Å². The summed E-state index contributed by atoms with van der Waals surface area (Å²) in [5, 5.41) is 0. The number of benzene rings is 4. The second-order valence-corrected chi connectivity index (χ2v) is 23.4. The first-order valence-electron chi connectivity index (χ1n) is 18.3. The molecule has 4 aromatic carbocycles. The molecule has 262 valence electrons. The second-order valence-electron chi connectivity index (χ2n) is 17.3. The van der Waals surface area contributed by atoms with Crippen LogP contribution in [-0.2, 0) is 32.1 Å². The van der Waals surface area contributed by atoms with Gasteiger partial charge in [0.25, 0.3) is 0 Å². The van der Waals surface area contributed by atoms with Crippen LogP contribution in [0.15, 0.2) is 118 Å². The van der Waals surface area contributed by atoms with Gasteiger partial charge in [0.05, 0.1) is 0 Å². The van der Waals surface area contributed by atoms with Gasteiger partial charge in [0.2, 0.25) is 0 Å². The molecule has 0 spiro atoms. The second kappa shape index (κ2) is 15.7. The Morgan fingerprint density at radius 3 is 1.46 bits per heavy atom. The van der Waals surface area contributed by atoms with Gasteiger partial charge in [-0.1, -0.05) is 0 Å². The Morgan fingerprint density at radius 2 is 1.06 bits per heavy atom. The first-order chi connectivity index (χ1) is 22.7. The van der Waals surface area contributed by atoms with Crippen LogP contribution in [0.5, 0.6) is 0 Å². The van der Waals surface area contributed by atoms with Gasteiger partial charge in [-0.25, -0.2) is 0 Å². The van der Waals surface area contributed by atoms with Crippen molar-refractivity contribution in [1.29, 1.82) is 0 Å². The molecule has 0 aliphatic heterocycles. The van der Waals surface area contributed by atoms with Crippen molar-refractivity contribution in [2.24, 2.45) is 11.3 Å². The average Bonchev–Trinajstić information content (AvgIpc) is 3.61. The first-order valence-corrected chi connectivity index (χ1v) is 22.1. The zero-order chi connectivity index (χ0) is 34.4. The summed E-state index contributed by atoms with van der Waals surface area (Å²) in [6.07, 6.45) is 9.14. The minimum atomic E-state index is -2.92. The molecule has 50 heavy (non-hydrogen) atoms. The third-order valence-corrected chi connectivity index (χ3v) is 19.1. The third-order valence-electron chi connectivity index (χ3n) is 10.6. The number of allylic oxidation sites excluding steroid dienone is 4. The smallest absolute Gasteiger partial charge is 1.00 e. The molecule has 1 atom stereocenters. The minimum Gasteiger partial charge on any atom is -1.00 e. The molecule has 0 aromatic heterocycles. The normalized spacial score (nSPS) is 15.5. The minimum absolute atomic E-state index is 0. The molecule has 1 unspecified atom stereocenters. The Balaban J connectivity index is 0.00000281. The third kappa shape index (κ3) is 8.17. The molecule has 6 rings (SSSR count). The summed E-state index contributed by atoms with van der Waals surface area (Å²) in [5.41, 5.74) is 13.6. The van der Waals surface area contributed by atoms with Crippen LogP contribution in [0.25, 0.3) is 11.1 Å². The van der Waals surface area contributed by atoms with Crippen LogP contribution in [0.3, 0.4) is 0 Å². The molecule has 0 radical (unpaired) electrons. The maximum atomic E-state index is 2.72. The molecule has 0 saturated heterocycles. The van der Waals surface area contributed by atoms with E-state index < -0.39 is 21.3 Å². The Hall–Kier alpha value is -2.31. The summed E-state index contributed by atoms with van der Waals surface area (Å²) >= 11 is -2.92. The van der Waals surface area contributed by atoms with E-state index in [1.54, 1.807) is 17.6 Å². The van der Waals surface area contributed by atoms with Crippen LogP contribution in [-0.4, -0.2) is 3.21 Å². The fraction of sp³-hybridized carbons (Fsp3) is 0.383. The fourth-order valence-corrected chi connectivity index (χ4v) is 17.3. The summed E-state index contributed by atoms with van der Waals surface area (Å²) in [6.45, 7) is 23.8. The molecule has 3 heteroatoms. The van der Waals surface area contributed by atoms with Gasteiger partial charge in [-0.3, -0.25) is 0 Å². The van der Waals surface area contributed by atoms with Crippen LogP contribution in [0.1, 0.15) is 126 Å². The van der Waals surface area contributed by atoms with E-state index in [0.717, 1.165) is 0 Å². The Kier molecular flexibility index (Phi) is 12.7. The van der Waals surface area contributed by atoms with E-state index in [9.17, 15) is 0 Å². The Labute approximate surface area is 323 Å². The van der Waals surface area contributed by atoms with E-state index in [-0.39, 0.29) is 41.1 Å². The molecule has 2 aliphatic carbocycles. The molecule has 0 amide bonds. The monoisotopic (exact) mass is 780 g/mol. The van der Waals surface area contributed by atoms with Crippen LogP contribution < -0.4 is 24.8 Å². The molecule has 2 aliphatic rings. The Bertz CT molecular complexity index is 1790. The number of unbranched alkanes of at least 4 members (excludes halogenated alkanes) is 1. The van der Waals surface area contributed by atoms with E-state index in [1.807, 2.05) is 0 Å². The quantitative estimate of drug-likeness (QED) is 0.191. The zero-order valence-electron chi connectivity index (χ0n) is 31.9. The van der Waals surface area contributed by atoms with Crippen LogP contribution in [0.4, 0.5) is 0 Å². The van der Waals surface area contributed by atoms with E-state index in [1.165, 1.54) is 58.2 Å². The summed E-state index contributed by atoms with van der Waals surface area (Å²) in [6, 6.07) is 37.9. The van der Waals surface area contributed by atoms with E-state index in [2.05, 4.69) is 178 Å². The van der Waals surface area contributed by atoms with Crippen molar-refractivity contribution >= 4 is 3.21 Å². The predicted octanol–water partition coefficient (Wildman–Crippen LogP) is 6.92. The maximum absolute atomic E-state index is 2.92. The van der Waals surface area contributed by atoms with Gasteiger partial charge < -0.3 is 24.8 Å². The predicted molar refractivity (Wildman–Crippen MR) is 206 cm³/mol. The molecular formula is C47H56Cl2Zr. The first kappa shape index (κ1) is 40.5. The molecule has 0 nitrogen and oxygen atoms in total. The largest absolute Gasteiger partial charge is 1.00 e. The summed E-state index contributed by atoms with van der Waals surface area (Å²) in [5.74, 6) is 0.500. The van der Waals surface area contributed by atoms with E-state index in [4.69, 9.17) is 0 Å². The van der Waals surface area contributed by atoms with Gasteiger partial charge in [0, 0.05) is 0 Å². The van der Waals surface area contributed by atoms with Crippen LogP contribution >= 0.6 is 0 Å². The molecule has 4 aromatic rings. The molecule has 0 heterocycles. The summed E-state index contributed by atoms with van der Waals surface area (Å²) < 4.78 is 3.81. The van der Waals surface area contributed by atoms with Gasteiger partial charge in [-0.15, -0.1) is 0 Å². The van der Waals surface area contributed by atoms with Crippen LogP contribution in [0.2, 0.25) is 0 Å². The number of fused-ring (bicyclic) bond motifs is 3. The van der Waals surface area contributed by atoms with Crippen molar-refractivity contribution < 1.29 is 46.1 Å². The van der Waals surface area contributed by atoms with Crippen LogP contribution in [0, 0.1) is 11.3 Å². The van der Waals surface area contributed by atoms with Gasteiger partial charge in [-0.2, -0.15) is 0 Å². The fourth-order valence-electron chi connectivity index (χ4n) is 7.68. The van der Waals surface area contributed by atoms with Crippen molar-refractivity contribution in [3.63, 3.8) is 0 Å². The van der Waals surface area contributed by atoms with E-state index >= 15 is 0 Å². The molecule has 0 bridgehead atoms. The SMILES string of the molecule is CCCCC1C=C(C(C)(C)C)C=[C]1[Zr+2](=[C](c1ccccc1)c1ccccc1)[CH]1c2cc(C(C)(C)C)ccc2-c2ccc(C(C)(C)C)cc21.[Cl-].[Cl-]. The average molecular weight is 783 g/mol. The molecule has 0 saturated carbocycles. The van der Waals surface area contributed by atoms with Gasteiger partial charge in [0.15, 0.2) is 0 Å². The van der Waals surface area contributed by atoms with Crippen molar-refractivity contribution in [1.82, 2.24) is 0 Å².